The van der Waals surface area contributed by atoms with Gasteiger partial charge in [-0.05, 0) is 19.8 Å². The molecule has 2 unspecified atom stereocenters. The van der Waals surface area contributed by atoms with Crippen LogP contribution in [0.15, 0.2) is 12.2 Å². The van der Waals surface area contributed by atoms with Crippen molar-refractivity contribution in [1.29, 1.82) is 0 Å². The van der Waals surface area contributed by atoms with Crippen LogP contribution in [-0.2, 0) is 0 Å². The van der Waals surface area contributed by atoms with Crippen LogP contribution in [0.1, 0.15) is 20.8 Å². The standard InChI is InChI=1S/C9H19NO/c1-4-5-6-10-9(3)8(2)7-11/h4-5,8-11H,6-7H2,1-3H3/b5-4+. The fourth-order valence-electron chi connectivity index (χ4n) is 0.731. The quantitative estimate of drug-likeness (QED) is 0.587. The lowest BCUT2D eigenvalue weighted by Gasteiger charge is -2.17. The molecule has 0 heterocycles. The molecular formula is C9H19NO. The monoisotopic (exact) mass is 157 g/mol. The minimum atomic E-state index is 0.254. The summed E-state index contributed by atoms with van der Waals surface area (Å²) in [4.78, 5) is 0. The number of allylic oxidation sites excluding steroid dienone is 1. The Balaban J connectivity index is 3.43. The van der Waals surface area contributed by atoms with Crippen LogP contribution >= 0.6 is 0 Å². The third-order valence-electron chi connectivity index (χ3n) is 1.93. The molecule has 2 heteroatoms. The van der Waals surface area contributed by atoms with Crippen molar-refractivity contribution in [1.82, 2.24) is 5.32 Å². The minimum absolute atomic E-state index is 0.254. The van der Waals surface area contributed by atoms with Gasteiger partial charge in [0.15, 0.2) is 0 Å². The van der Waals surface area contributed by atoms with Crippen LogP contribution in [0.4, 0.5) is 0 Å². The van der Waals surface area contributed by atoms with Crippen molar-refractivity contribution in [3.63, 3.8) is 0 Å². The van der Waals surface area contributed by atoms with E-state index in [9.17, 15) is 0 Å². The van der Waals surface area contributed by atoms with Crippen molar-refractivity contribution in [2.24, 2.45) is 5.92 Å². The van der Waals surface area contributed by atoms with Crippen molar-refractivity contribution in [3.05, 3.63) is 12.2 Å². The summed E-state index contributed by atoms with van der Waals surface area (Å²) in [7, 11) is 0. The molecule has 0 aromatic carbocycles. The second-order valence-electron chi connectivity index (χ2n) is 2.93. The number of hydrogen-bond donors (Lipinski definition) is 2. The molecule has 0 bridgehead atoms. The molecule has 0 radical (unpaired) electrons. The van der Waals surface area contributed by atoms with Gasteiger partial charge >= 0.3 is 0 Å². The first-order valence-electron chi connectivity index (χ1n) is 4.17. The van der Waals surface area contributed by atoms with Gasteiger partial charge in [-0.2, -0.15) is 0 Å². The second kappa shape index (κ2) is 6.38. The van der Waals surface area contributed by atoms with E-state index in [0.717, 1.165) is 6.54 Å². The molecule has 0 aromatic rings. The Morgan fingerprint density at radius 2 is 2.09 bits per heavy atom. The average Bonchev–Trinajstić information content (AvgIpc) is 2.03. The molecule has 0 saturated heterocycles. The Labute approximate surface area is 69.3 Å². The van der Waals surface area contributed by atoms with Gasteiger partial charge in [-0.3, -0.25) is 0 Å². The van der Waals surface area contributed by atoms with Gasteiger partial charge < -0.3 is 10.4 Å². The fourth-order valence-corrected chi connectivity index (χ4v) is 0.731. The van der Waals surface area contributed by atoms with Crippen molar-refractivity contribution in [2.45, 2.75) is 26.8 Å². The zero-order valence-electron chi connectivity index (χ0n) is 7.67. The van der Waals surface area contributed by atoms with Crippen LogP contribution in [-0.4, -0.2) is 24.3 Å². The van der Waals surface area contributed by atoms with E-state index in [1.807, 2.05) is 19.9 Å². The first-order chi connectivity index (χ1) is 5.22. The molecule has 2 nitrogen and oxygen atoms in total. The smallest absolute Gasteiger partial charge is 0.0471 e. The molecule has 0 rings (SSSR count). The summed E-state index contributed by atoms with van der Waals surface area (Å²) >= 11 is 0. The summed E-state index contributed by atoms with van der Waals surface area (Å²) < 4.78 is 0. The Morgan fingerprint density at radius 3 is 2.55 bits per heavy atom. The predicted molar refractivity (Wildman–Crippen MR) is 48.5 cm³/mol. The molecule has 0 amide bonds. The van der Waals surface area contributed by atoms with Gasteiger partial charge in [0.25, 0.3) is 0 Å². The van der Waals surface area contributed by atoms with E-state index in [1.165, 1.54) is 0 Å². The van der Waals surface area contributed by atoms with Crippen LogP contribution in [0.5, 0.6) is 0 Å². The SMILES string of the molecule is C/C=C/CNC(C)C(C)CO. The van der Waals surface area contributed by atoms with Crippen LogP contribution in [0.3, 0.4) is 0 Å². The van der Waals surface area contributed by atoms with E-state index in [2.05, 4.69) is 18.3 Å². The molecule has 0 spiro atoms. The summed E-state index contributed by atoms with van der Waals surface area (Å²) in [6.07, 6.45) is 4.09. The molecule has 0 aliphatic carbocycles. The van der Waals surface area contributed by atoms with Gasteiger partial charge in [-0.15, -0.1) is 0 Å². The highest BCUT2D eigenvalue weighted by Crippen LogP contribution is 1.99. The average molecular weight is 157 g/mol. The molecule has 11 heavy (non-hydrogen) atoms. The van der Waals surface area contributed by atoms with E-state index < -0.39 is 0 Å². The van der Waals surface area contributed by atoms with Gasteiger partial charge in [0, 0.05) is 19.2 Å². The van der Waals surface area contributed by atoms with Crippen molar-refractivity contribution >= 4 is 0 Å². The van der Waals surface area contributed by atoms with E-state index in [0.29, 0.717) is 12.0 Å². The lowest BCUT2D eigenvalue weighted by molar-refractivity contribution is 0.209. The highest BCUT2D eigenvalue weighted by atomic mass is 16.3. The number of hydrogen-bond acceptors (Lipinski definition) is 2. The third kappa shape index (κ3) is 4.99. The van der Waals surface area contributed by atoms with Crippen LogP contribution in [0, 0.1) is 5.92 Å². The lowest BCUT2D eigenvalue weighted by Crippen LogP contribution is -2.33. The number of rotatable bonds is 5. The van der Waals surface area contributed by atoms with Gasteiger partial charge in [-0.1, -0.05) is 19.1 Å². The lowest BCUT2D eigenvalue weighted by atomic mass is 10.1. The van der Waals surface area contributed by atoms with Crippen molar-refractivity contribution in [2.75, 3.05) is 13.2 Å². The molecule has 0 saturated carbocycles. The third-order valence-corrected chi connectivity index (χ3v) is 1.93. The minimum Gasteiger partial charge on any atom is -0.396 e. The topological polar surface area (TPSA) is 32.3 Å². The van der Waals surface area contributed by atoms with Gasteiger partial charge in [0.2, 0.25) is 0 Å². The Bertz CT molecular complexity index is 112. The fraction of sp³-hybridized carbons (Fsp3) is 0.778. The number of aliphatic hydroxyl groups excluding tert-OH is 1. The molecule has 2 N–H and O–H groups in total. The first kappa shape index (κ1) is 10.7. The van der Waals surface area contributed by atoms with E-state index in [4.69, 9.17) is 5.11 Å². The Hall–Kier alpha value is -0.340. The predicted octanol–water partition coefficient (Wildman–Crippen LogP) is 1.17. The summed E-state index contributed by atoms with van der Waals surface area (Å²) in [5, 5.41) is 12.1. The molecule has 0 aromatic heterocycles. The van der Waals surface area contributed by atoms with Crippen LogP contribution in [0.25, 0.3) is 0 Å². The molecule has 0 aliphatic rings. The highest BCUT2D eigenvalue weighted by molar-refractivity contribution is 4.81. The van der Waals surface area contributed by atoms with E-state index >= 15 is 0 Å². The Kier molecular flexibility index (Phi) is 6.18. The van der Waals surface area contributed by atoms with Gasteiger partial charge in [0.05, 0.1) is 0 Å². The summed E-state index contributed by atoms with van der Waals surface area (Å²) in [5.74, 6) is 0.334. The zero-order chi connectivity index (χ0) is 8.69. The van der Waals surface area contributed by atoms with Gasteiger partial charge in [-0.25, -0.2) is 0 Å². The molecule has 66 valence electrons. The van der Waals surface area contributed by atoms with E-state index in [-0.39, 0.29) is 6.61 Å². The maximum Gasteiger partial charge on any atom is 0.0471 e. The normalized spacial score (nSPS) is 17.1. The molecule has 0 fully saturated rings. The second-order valence-corrected chi connectivity index (χ2v) is 2.93. The first-order valence-corrected chi connectivity index (χ1v) is 4.17. The zero-order valence-corrected chi connectivity index (χ0v) is 7.67. The number of nitrogens with one attached hydrogen (secondary N) is 1. The maximum atomic E-state index is 8.80. The molecule has 2 atom stereocenters. The van der Waals surface area contributed by atoms with E-state index in [1.54, 1.807) is 0 Å². The summed E-state index contributed by atoms with van der Waals surface area (Å²) in [6, 6.07) is 0.385. The van der Waals surface area contributed by atoms with Crippen LogP contribution in [0.2, 0.25) is 0 Å². The highest BCUT2D eigenvalue weighted by Gasteiger charge is 2.08. The number of aliphatic hydroxyl groups is 1. The molecular weight excluding hydrogens is 138 g/mol. The summed E-state index contributed by atoms with van der Waals surface area (Å²) in [5.41, 5.74) is 0. The van der Waals surface area contributed by atoms with Gasteiger partial charge in [0.1, 0.15) is 0 Å². The van der Waals surface area contributed by atoms with Crippen molar-refractivity contribution < 1.29 is 5.11 Å². The maximum absolute atomic E-state index is 8.80. The molecule has 0 aliphatic heterocycles. The summed E-state index contributed by atoms with van der Waals surface area (Å²) in [6.45, 7) is 7.27. The van der Waals surface area contributed by atoms with Crippen molar-refractivity contribution in [3.8, 4) is 0 Å². The largest absolute Gasteiger partial charge is 0.396 e. The van der Waals surface area contributed by atoms with Crippen LogP contribution < -0.4 is 5.32 Å². The Morgan fingerprint density at radius 1 is 1.45 bits per heavy atom.